The van der Waals surface area contributed by atoms with Crippen molar-refractivity contribution in [1.29, 1.82) is 0 Å². The van der Waals surface area contributed by atoms with Gasteiger partial charge < -0.3 is 20.3 Å². The Balaban J connectivity index is 2.93. The minimum atomic E-state index is -1.27. The highest BCUT2D eigenvalue weighted by Crippen LogP contribution is 2.07. The molecule has 1 aromatic rings. The number of carboxylic acids is 1. The summed E-state index contributed by atoms with van der Waals surface area (Å²) in [5.74, 6) is -2.20. The zero-order valence-corrected chi connectivity index (χ0v) is 10.1. The zero-order valence-electron chi connectivity index (χ0n) is 10.1. The van der Waals surface area contributed by atoms with Gasteiger partial charge in [-0.15, -0.1) is 0 Å². The number of hydrogen-bond donors (Lipinski definition) is 3. The van der Waals surface area contributed by atoms with Crippen LogP contribution in [-0.2, 0) is 4.79 Å². The van der Waals surface area contributed by atoms with E-state index in [1.165, 1.54) is 11.9 Å². The molecular weight excluding hydrogens is 240 g/mol. The quantitative estimate of drug-likeness (QED) is 0.643. The van der Waals surface area contributed by atoms with Gasteiger partial charge in [0.2, 0.25) is 5.91 Å². The first-order chi connectivity index (χ1) is 8.51. The summed E-state index contributed by atoms with van der Waals surface area (Å²) in [7, 11) is 1.46. The molecule has 0 atom stereocenters. The summed E-state index contributed by atoms with van der Waals surface area (Å²) < 4.78 is 0. The van der Waals surface area contributed by atoms with Crippen molar-refractivity contribution in [3.8, 4) is 0 Å². The van der Waals surface area contributed by atoms with Gasteiger partial charge in [-0.1, -0.05) is 0 Å². The molecule has 0 radical (unpaired) electrons. The van der Waals surface area contributed by atoms with Crippen LogP contribution in [0.1, 0.15) is 27.9 Å². The van der Waals surface area contributed by atoms with E-state index in [-0.39, 0.29) is 30.4 Å². The largest absolute Gasteiger partial charge is 0.477 e. The first-order valence-electron chi connectivity index (χ1n) is 5.27. The van der Waals surface area contributed by atoms with Gasteiger partial charge >= 0.3 is 5.97 Å². The molecular formula is C10H14N4O4. The number of aromatic amines is 1. The highest BCUT2D eigenvalue weighted by Gasteiger charge is 2.24. The fraction of sp³-hybridized carbons (Fsp3) is 0.400. The van der Waals surface area contributed by atoms with Crippen molar-refractivity contribution < 1.29 is 19.5 Å². The van der Waals surface area contributed by atoms with E-state index in [2.05, 4.69) is 15.3 Å². The molecule has 0 fully saturated rings. The Kier molecular flexibility index (Phi) is 4.41. The number of nitrogens with zero attached hydrogens (tertiary/aromatic N) is 2. The molecule has 1 aromatic heterocycles. The van der Waals surface area contributed by atoms with Crippen LogP contribution in [0.2, 0.25) is 0 Å². The monoisotopic (exact) mass is 254 g/mol. The fourth-order valence-corrected chi connectivity index (χ4v) is 1.35. The molecule has 0 aliphatic rings. The van der Waals surface area contributed by atoms with Gasteiger partial charge in [-0.3, -0.25) is 9.59 Å². The van der Waals surface area contributed by atoms with E-state index in [9.17, 15) is 14.4 Å². The first-order valence-corrected chi connectivity index (χ1v) is 5.27. The molecule has 0 saturated carbocycles. The summed E-state index contributed by atoms with van der Waals surface area (Å²) in [6.07, 6.45) is 1.13. The molecule has 1 rings (SSSR count). The number of rotatable bonds is 5. The van der Waals surface area contributed by atoms with Gasteiger partial charge in [-0.05, 0) is 6.92 Å². The molecule has 8 nitrogen and oxygen atoms in total. The summed E-state index contributed by atoms with van der Waals surface area (Å²) >= 11 is 0. The summed E-state index contributed by atoms with van der Waals surface area (Å²) in [5, 5.41) is 11.3. The van der Waals surface area contributed by atoms with Gasteiger partial charge in [0.15, 0.2) is 11.4 Å². The lowest BCUT2D eigenvalue weighted by Gasteiger charge is -2.18. The molecule has 0 aliphatic carbocycles. The second-order valence-corrected chi connectivity index (χ2v) is 3.42. The summed E-state index contributed by atoms with van der Waals surface area (Å²) in [6, 6.07) is 0. The highest BCUT2D eigenvalue weighted by atomic mass is 16.4. The molecule has 3 N–H and O–H groups in total. The number of carbonyl (C=O) groups is 3. The SMILES string of the molecule is CCN(CC(=O)NC)C(=O)c1nc[nH]c1C(=O)O. The lowest BCUT2D eigenvalue weighted by Crippen LogP contribution is -2.40. The average molecular weight is 254 g/mol. The van der Waals surface area contributed by atoms with Crippen LogP contribution in [0.5, 0.6) is 0 Å². The Morgan fingerprint density at radius 1 is 1.50 bits per heavy atom. The molecule has 0 spiro atoms. The van der Waals surface area contributed by atoms with Crippen LogP contribution in [0, 0.1) is 0 Å². The van der Waals surface area contributed by atoms with Crippen LogP contribution in [0.4, 0.5) is 0 Å². The van der Waals surface area contributed by atoms with Crippen molar-refractivity contribution in [3.63, 3.8) is 0 Å². The van der Waals surface area contributed by atoms with Crippen molar-refractivity contribution in [2.75, 3.05) is 20.1 Å². The molecule has 0 bridgehead atoms. The number of H-pyrrole nitrogens is 1. The van der Waals surface area contributed by atoms with Crippen LogP contribution in [0.15, 0.2) is 6.33 Å². The van der Waals surface area contributed by atoms with E-state index in [4.69, 9.17) is 5.11 Å². The second kappa shape index (κ2) is 5.80. The van der Waals surface area contributed by atoms with Crippen molar-refractivity contribution in [2.45, 2.75) is 6.92 Å². The Hall–Kier alpha value is -2.38. The fourth-order valence-electron chi connectivity index (χ4n) is 1.35. The molecule has 0 unspecified atom stereocenters. The predicted octanol–water partition coefficient (Wildman–Crippen LogP) is -0.684. The number of imidazole rings is 1. The average Bonchev–Trinajstić information content (AvgIpc) is 2.83. The second-order valence-electron chi connectivity index (χ2n) is 3.42. The van der Waals surface area contributed by atoms with Gasteiger partial charge in [-0.2, -0.15) is 0 Å². The number of aromatic carboxylic acids is 1. The number of carbonyl (C=O) groups excluding carboxylic acids is 2. The van der Waals surface area contributed by atoms with E-state index in [0.717, 1.165) is 6.33 Å². The maximum absolute atomic E-state index is 12.0. The zero-order chi connectivity index (χ0) is 13.7. The Morgan fingerprint density at radius 2 is 2.17 bits per heavy atom. The number of amides is 2. The van der Waals surface area contributed by atoms with Crippen molar-refractivity contribution in [3.05, 3.63) is 17.7 Å². The van der Waals surface area contributed by atoms with E-state index in [1.54, 1.807) is 6.92 Å². The molecule has 0 aromatic carbocycles. The van der Waals surface area contributed by atoms with Crippen LogP contribution in [-0.4, -0.2) is 57.9 Å². The minimum absolute atomic E-state index is 0.141. The van der Waals surface area contributed by atoms with E-state index in [1.807, 2.05) is 0 Å². The van der Waals surface area contributed by atoms with Crippen LogP contribution < -0.4 is 5.32 Å². The molecule has 0 aliphatic heterocycles. The molecule has 0 saturated heterocycles. The lowest BCUT2D eigenvalue weighted by molar-refractivity contribution is -0.121. The van der Waals surface area contributed by atoms with Crippen LogP contribution in [0.25, 0.3) is 0 Å². The highest BCUT2D eigenvalue weighted by molar-refractivity contribution is 6.03. The topological polar surface area (TPSA) is 115 Å². The minimum Gasteiger partial charge on any atom is -0.477 e. The Bertz CT molecular complexity index is 468. The van der Waals surface area contributed by atoms with Crippen molar-refractivity contribution in [1.82, 2.24) is 20.2 Å². The maximum atomic E-state index is 12.0. The number of nitrogens with one attached hydrogen (secondary N) is 2. The summed E-state index contributed by atoms with van der Waals surface area (Å²) in [4.78, 5) is 41.4. The summed E-state index contributed by atoms with van der Waals surface area (Å²) in [6.45, 7) is 1.82. The molecule has 98 valence electrons. The number of likely N-dealkylation sites (N-methyl/N-ethyl adjacent to an activating group) is 2. The Morgan fingerprint density at radius 3 is 2.67 bits per heavy atom. The maximum Gasteiger partial charge on any atom is 0.354 e. The smallest absolute Gasteiger partial charge is 0.354 e. The van der Waals surface area contributed by atoms with E-state index in [0.29, 0.717) is 0 Å². The third-order valence-electron chi connectivity index (χ3n) is 2.34. The van der Waals surface area contributed by atoms with Crippen LogP contribution in [0.3, 0.4) is 0 Å². The van der Waals surface area contributed by atoms with E-state index < -0.39 is 11.9 Å². The normalized spacial score (nSPS) is 9.89. The molecule has 18 heavy (non-hydrogen) atoms. The van der Waals surface area contributed by atoms with E-state index >= 15 is 0 Å². The first kappa shape index (κ1) is 13.7. The summed E-state index contributed by atoms with van der Waals surface area (Å²) in [5.41, 5.74) is -0.483. The van der Waals surface area contributed by atoms with Gasteiger partial charge in [-0.25, -0.2) is 9.78 Å². The standard InChI is InChI=1S/C10H14N4O4/c1-3-14(4-6(15)11-2)9(16)7-8(10(17)18)13-5-12-7/h5H,3-4H2,1-2H3,(H,11,15)(H,12,13)(H,17,18). The van der Waals surface area contributed by atoms with Gasteiger partial charge in [0.25, 0.3) is 5.91 Å². The van der Waals surface area contributed by atoms with Crippen molar-refractivity contribution >= 4 is 17.8 Å². The molecule has 8 heteroatoms. The Labute approximate surface area is 103 Å². The van der Waals surface area contributed by atoms with Crippen LogP contribution >= 0.6 is 0 Å². The van der Waals surface area contributed by atoms with Gasteiger partial charge in [0.05, 0.1) is 12.9 Å². The number of hydrogen-bond acceptors (Lipinski definition) is 4. The van der Waals surface area contributed by atoms with Gasteiger partial charge in [0, 0.05) is 13.6 Å². The molecule has 2 amide bonds. The van der Waals surface area contributed by atoms with Gasteiger partial charge in [0.1, 0.15) is 0 Å². The lowest BCUT2D eigenvalue weighted by atomic mass is 10.2. The predicted molar refractivity (Wildman–Crippen MR) is 61.2 cm³/mol. The number of aromatic nitrogens is 2. The molecule has 1 heterocycles. The number of carboxylic acid groups (broad SMARTS) is 1. The third-order valence-corrected chi connectivity index (χ3v) is 2.34. The third kappa shape index (κ3) is 2.84. The van der Waals surface area contributed by atoms with Crippen molar-refractivity contribution in [2.24, 2.45) is 0 Å².